The van der Waals surface area contributed by atoms with Gasteiger partial charge in [-0.25, -0.2) is 0 Å². The summed E-state index contributed by atoms with van der Waals surface area (Å²) >= 11 is 1.89. The lowest BCUT2D eigenvalue weighted by Gasteiger charge is -2.46. The highest BCUT2D eigenvalue weighted by molar-refractivity contribution is 8.00. The quantitative estimate of drug-likeness (QED) is 0.343. The largest absolute Gasteiger partial charge is 0.409 e. The molecule has 1 saturated carbocycles. The van der Waals surface area contributed by atoms with Gasteiger partial charge in [0.25, 0.3) is 0 Å². The van der Waals surface area contributed by atoms with E-state index in [4.69, 9.17) is 10.9 Å². The third-order valence-corrected chi connectivity index (χ3v) is 5.70. The highest BCUT2D eigenvalue weighted by atomic mass is 32.2. The van der Waals surface area contributed by atoms with E-state index in [1.54, 1.807) is 0 Å². The Hall–Kier alpha value is -0.910. The van der Waals surface area contributed by atoms with Gasteiger partial charge in [-0.15, -0.1) is 0 Å². The van der Waals surface area contributed by atoms with Crippen molar-refractivity contribution in [2.75, 3.05) is 12.3 Å². The summed E-state index contributed by atoms with van der Waals surface area (Å²) in [6, 6.07) is 0.209. The molecule has 2 aliphatic rings. The monoisotopic (exact) mass is 271 g/mol. The van der Waals surface area contributed by atoms with Crippen LogP contribution >= 0.6 is 11.8 Å². The van der Waals surface area contributed by atoms with E-state index in [9.17, 15) is 4.79 Å². The maximum Gasteiger partial charge on any atom is 0.236 e. The van der Waals surface area contributed by atoms with Crippen molar-refractivity contribution < 1.29 is 10.0 Å². The highest BCUT2D eigenvalue weighted by Gasteiger charge is 2.51. The van der Waals surface area contributed by atoms with Gasteiger partial charge in [-0.05, 0) is 19.8 Å². The fraction of sp³-hybridized carbons (Fsp3) is 0.833. The fourth-order valence-corrected chi connectivity index (χ4v) is 3.80. The molecule has 0 spiro atoms. The van der Waals surface area contributed by atoms with Crippen molar-refractivity contribution in [1.82, 2.24) is 4.90 Å². The van der Waals surface area contributed by atoms with E-state index in [1.807, 2.05) is 16.7 Å². The molecule has 3 N–H and O–H groups in total. The van der Waals surface area contributed by atoms with Gasteiger partial charge in [0, 0.05) is 23.6 Å². The number of thioether (sulfide) groups is 1. The second-order valence-corrected chi connectivity index (χ2v) is 6.72. The Kier molecular flexibility index (Phi) is 3.75. The number of carbonyl (C=O) groups is 1. The van der Waals surface area contributed by atoms with Crippen LogP contribution in [0.5, 0.6) is 0 Å². The van der Waals surface area contributed by atoms with E-state index in [1.165, 1.54) is 0 Å². The molecule has 0 radical (unpaired) electrons. The first-order valence-corrected chi connectivity index (χ1v) is 7.48. The van der Waals surface area contributed by atoms with E-state index < -0.39 is 5.41 Å². The molecule has 2 rings (SSSR count). The Labute approximate surface area is 112 Å². The molecule has 0 bridgehead atoms. The van der Waals surface area contributed by atoms with Crippen molar-refractivity contribution in [1.29, 1.82) is 0 Å². The SMILES string of the molecule is CC1SCCN(C(=O)C2(C(N)=NO)CCC2)C1C. The minimum Gasteiger partial charge on any atom is -0.409 e. The van der Waals surface area contributed by atoms with Crippen molar-refractivity contribution in [2.45, 2.75) is 44.4 Å². The minimum atomic E-state index is -0.731. The van der Waals surface area contributed by atoms with Gasteiger partial charge in [-0.2, -0.15) is 11.8 Å². The zero-order valence-electron chi connectivity index (χ0n) is 10.9. The van der Waals surface area contributed by atoms with Gasteiger partial charge in [0.15, 0.2) is 5.84 Å². The lowest BCUT2D eigenvalue weighted by atomic mass is 9.66. The van der Waals surface area contributed by atoms with Crippen molar-refractivity contribution in [3.63, 3.8) is 0 Å². The van der Waals surface area contributed by atoms with Crippen LogP contribution in [0, 0.1) is 5.41 Å². The van der Waals surface area contributed by atoms with Crippen molar-refractivity contribution in [3.8, 4) is 0 Å². The molecule has 6 heteroatoms. The molecule has 2 unspecified atom stereocenters. The van der Waals surface area contributed by atoms with E-state index >= 15 is 0 Å². The van der Waals surface area contributed by atoms with Gasteiger partial charge in [0.05, 0.1) is 0 Å². The maximum atomic E-state index is 12.7. The molecule has 2 fully saturated rings. The standard InChI is InChI=1S/C12H21N3O2S/c1-8-9(2)18-7-6-15(8)11(16)12(4-3-5-12)10(13)14-17/h8-9,17H,3-7H2,1-2H3,(H2,13,14). The Balaban J connectivity index is 2.19. The highest BCUT2D eigenvalue weighted by Crippen LogP contribution is 2.44. The fourth-order valence-electron chi connectivity index (χ4n) is 2.70. The molecule has 5 nitrogen and oxygen atoms in total. The van der Waals surface area contributed by atoms with E-state index in [0.717, 1.165) is 18.7 Å². The lowest BCUT2D eigenvalue weighted by molar-refractivity contribution is -0.144. The topological polar surface area (TPSA) is 78.9 Å². The number of amides is 1. The predicted molar refractivity (Wildman–Crippen MR) is 72.8 cm³/mol. The summed E-state index contributed by atoms with van der Waals surface area (Å²) in [5.74, 6) is 1.09. The van der Waals surface area contributed by atoms with E-state index in [2.05, 4.69) is 19.0 Å². The summed E-state index contributed by atoms with van der Waals surface area (Å²) in [6.07, 6.45) is 2.37. The van der Waals surface area contributed by atoms with Crippen LogP contribution in [-0.2, 0) is 4.79 Å². The summed E-state index contributed by atoms with van der Waals surface area (Å²) in [5, 5.41) is 12.4. The zero-order chi connectivity index (χ0) is 13.3. The summed E-state index contributed by atoms with van der Waals surface area (Å²) in [7, 11) is 0. The summed E-state index contributed by atoms with van der Waals surface area (Å²) in [6.45, 7) is 4.98. The van der Waals surface area contributed by atoms with Crippen LogP contribution in [0.1, 0.15) is 33.1 Å². The van der Waals surface area contributed by atoms with Crippen LogP contribution in [0.2, 0.25) is 0 Å². The molecule has 1 saturated heterocycles. The van der Waals surface area contributed by atoms with E-state index in [-0.39, 0.29) is 17.8 Å². The smallest absolute Gasteiger partial charge is 0.236 e. The summed E-state index contributed by atoms with van der Waals surface area (Å²) in [4.78, 5) is 14.6. The second kappa shape index (κ2) is 4.99. The molecule has 1 aliphatic heterocycles. The predicted octanol–water partition coefficient (Wildman–Crippen LogP) is 1.26. The number of carbonyl (C=O) groups excluding carboxylic acids is 1. The van der Waals surface area contributed by atoms with Gasteiger partial charge in [-0.1, -0.05) is 18.5 Å². The van der Waals surface area contributed by atoms with Crippen LogP contribution in [-0.4, -0.2) is 45.4 Å². The van der Waals surface area contributed by atoms with Crippen LogP contribution in [0.3, 0.4) is 0 Å². The van der Waals surface area contributed by atoms with Gasteiger partial charge < -0.3 is 15.8 Å². The molecular formula is C12H21N3O2S. The molecule has 1 amide bonds. The average Bonchev–Trinajstić information content (AvgIpc) is 2.30. The first-order chi connectivity index (χ1) is 8.53. The Morgan fingerprint density at radius 2 is 2.17 bits per heavy atom. The number of hydrogen-bond acceptors (Lipinski definition) is 4. The Morgan fingerprint density at radius 3 is 2.67 bits per heavy atom. The molecule has 0 aromatic rings. The molecule has 102 valence electrons. The lowest BCUT2D eigenvalue weighted by Crippen LogP contribution is -2.59. The molecular weight excluding hydrogens is 250 g/mol. The Morgan fingerprint density at radius 1 is 1.50 bits per heavy atom. The number of oxime groups is 1. The van der Waals surface area contributed by atoms with Crippen molar-refractivity contribution in [2.24, 2.45) is 16.3 Å². The molecule has 1 heterocycles. The molecule has 0 aromatic heterocycles. The number of hydrogen-bond donors (Lipinski definition) is 2. The first kappa shape index (κ1) is 13.5. The van der Waals surface area contributed by atoms with Crippen LogP contribution in [0.4, 0.5) is 0 Å². The van der Waals surface area contributed by atoms with Crippen LogP contribution < -0.4 is 5.73 Å². The van der Waals surface area contributed by atoms with Gasteiger partial charge in [0.2, 0.25) is 5.91 Å². The number of rotatable bonds is 2. The normalized spacial score (nSPS) is 31.9. The van der Waals surface area contributed by atoms with Crippen LogP contribution in [0.15, 0.2) is 5.16 Å². The van der Waals surface area contributed by atoms with E-state index in [0.29, 0.717) is 18.1 Å². The van der Waals surface area contributed by atoms with Crippen molar-refractivity contribution >= 4 is 23.5 Å². The van der Waals surface area contributed by atoms with Gasteiger partial charge >= 0.3 is 0 Å². The molecule has 2 atom stereocenters. The van der Waals surface area contributed by atoms with Gasteiger partial charge in [-0.3, -0.25) is 4.79 Å². The average molecular weight is 271 g/mol. The second-order valence-electron chi connectivity index (χ2n) is 5.24. The number of nitrogens with zero attached hydrogens (tertiary/aromatic N) is 2. The summed E-state index contributed by atoms with van der Waals surface area (Å²) < 4.78 is 0. The molecule has 18 heavy (non-hydrogen) atoms. The third kappa shape index (κ3) is 1.96. The molecule has 1 aliphatic carbocycles. The zero-order valence-corrected chi connectivity index (χ0v) is 11.7. The molecule has 0 aromatic carbocycles. The summed E-state index contributed by atoms with van der Waals surface area (Å²) in [5.41, 5.74) is 5.02. The third-order valence-electron chi connectivity index (χ3n) is 4.36. The maximum absolute atomic E-state index is 12.7. The van der Waals surface area contributed by atoms with Crippen LogP contribution in [0.25, 0.3) is 0 Å². The number of amidine groups is 1. The minimum absolute atomic E-state index is 0.0451. The number of nitrogens with two attached hydrogens (primary N) is 1. The first-order valence-electron chi connectivity index (χ1n) is 6.43. The van der Waals surface area contributed by atoms with Crippen molar-refractivity contribution in [3.05, 3.63) is 0 Å². The van der Waals surface area contributed by atoms with Gasteiger partial charge in [0.1, 0.15) is 5.41 Å². The Bertz CT molecular complexity index is 368.